The van der Waals surface area contributed by atoms with Gasteiger partial charge in [-0.25, -0.2) is 4.39 Å². The molecule has 0 fully saturated rings. The third-order valence-corrected chi connectivity index (χ3v) is 3.13. The second-order valence-electron chi connectivity index (χ2n) is 4.52. The van der Waals surface area contributed by atoms with Gasteiger partial charge in [0.05, 0.1) is 12.6 Å². The van der Waals surface area contributed by atoms with Gasteiger partial charge < -0.3 is 10.4 Å². The van der Waals surface area contributed by atoms with E-state index in [-0.39, 0.29) is 18.5 Å². The Morgan fingerprint density at radius 1 is 1.16 bits per heavy atom. The smallest absolute Gasteiger partial charge is 0.123 e. The monoisotopic (exact) mass is 259 g/mol. The summed E-state index contributed by atoms with van der Waals surface area (Å²) in [4.78, 5) is 0. The van der Waals surface area contributed by atoms with E-state index in [4.69, 9.17) is 5.11 Å². The van der Waals surface area contributed by atoms with Crippen molar-refractivity contribution in [1.29, 1.82) is 0 Å². The number of aliphatic hydroxyl groups is 1. The van der Waals surface area contributed by atoms with Crippen LogP contribution < -0.4 is 5.32 Å². The van der Waals surface area contributed by atoms with E-state index in [9.17, 15) is 4.39 Å². The maximum atomic E-state index is 12.9. The fourth-order valence-electron chi connectivity index (χ4n) is 2.08. The Kier molecular flexibility index (Phi) is 4.53. The zero-order chi connectivity index (χ0) is 13.7. The molecule has 2 nitrogen and oxygen atoms in total. The van der Waals surface area contributed by atoms with E-state index in [1.807, 2.05) is 24.3 Å². The van der Waals surface area contributed by atoms with Crippen LogP contribution in [0.4, 0.5) is 10.1 Å². The summed E-state index contributed by atoms with van der Waals surface area (Å²) in [5, 5.41) is 12.5. The van der Waals surface area contributed by atoms with Gasteiger partial charge in [-0.15, -0.1) is 0 Å². The molecular formula is C16H18FNO. The quantitative estimate of drug-likeness (QED) is 0.854. The average Bonchev–Trinajstić information content (AvgIpc) is 2.46. The molecule has 2 aromatic carbocycles. The molecule has 0 aliphatic heterocycles. The van der Waals surface area contributed by atoms with Gasteiger partial charge in [0.2, 0.25) is 0 Å². The molecule has 0 heterocycles. The summed E-state index contributed by atoms with van der Waals surface area (Å²) in [7, 11) is 0. The number of aliphatic hydroxyl groups excluding tert-OH is 1. The second-order valence-corrected chi connectivity index (χ2v) is 4.52. The largest absolute Gasteiger partial charge is 0.392 e. The van der Waals surface area contributed by atoms with Crippen LogP contribution in [0.25, 0.3) is 0 Å². The molecule has 0 saturated heterocycles. The zero-order valence-electron chi connectivity index (χ0n) is 10.9. The van der Waals surface area contributed by atoms with Gasteiger partial charge in [0.1, 0.15) is 5.82 Å². The van der Waals surface area contributed by atoms with Crippen LogP contribution in [-0.2, 0) is 6.61 Å². The number of hydrogen-bond acceptors (Lipinski definition) is 2. The number of nitrogens with one attached hydrogen (secondary N) is 1. The molecule has 0 saturated carbocycles. The van der Waals surface area contributed by atoms with Crippen LogP contribution >= 0.6 is 0 Å². The lowest BCUT2D eigenvalue weighted by atomic mass is 10.0. The highest BCUT2D eigenvalue weighted by molar-refractivity contribution is 5.47. The van der Waals surface area contributed by atoms with Gasteiger partial charge >= 0.3 is 0 Å². The van der Waals surface area contributed by atoms with Crippen LogP contribution in [-0.4, -0.2) is 5.11 Å². The zero-order valence-corrected chi connectivity index (χ0v) is 10.9. The predicted molar refractivity (Wildman–Crippen MR) is 75.4 cm³/mol. The molecule has 0 bridgehead atoms. The minimum atomic E-state index is -0.221. The van der Waals surface area contributed by atoms with Crippen molar-refractivity contribution < 1.29 is 9.50 Å². The van der Waals surface area contributed by atoms with Crippen molar-refractivity contribution >= 4 is 5.69 Å². The number of halogens is 1. The van der Waals surface area contributed by atoms with E-state index in [1.165, 1.54) is 12.1 Å². The highest BCUT2D eigenvalue weighted by Gasteiger charge is 2.09. The lowest BCUT2D eigenvalue weighted by Gasteiger charge is -2.19. The molecule has 0 aromatic heterocycles. The first-order valence-electron chi connectivity index (χ1n) is 6.44. The average molecular weight is 259 g/mol. The first kappa shape index (κ1) is 13.6. The summed E-state index contributed by atoms with van der Waals surface area (Å²) >= 11 is 0. The third-order valence-electron chi connectivity index (χ3n) is 3.13. The van der Waals surface area contributed by atoms with Gasteiger partial charge in [0.25, 0.3) is 0 Å². The highest BCUT2D eigenvalue weighted by Crippen LogP contribution is 2.23. The highest BCUT2D eigenvalue weighted by atomic mass is 19.1. The number of rotatable bonds is 5. The summed E-state index contributed by atoms with van der Waals surface area (Å²) in [6.45, 7) is 2.11. The van der Waals surface area contributed by atoms with Gasteiger partial charge in [-0.3, -0.25) is 0 Å². The van der Waals surface area contributed by atoms with Crippen molar-refractivity contribution in [3.63, 3.8) is 0 Å². The molecule has 2 rings (SSSR count). The number of anilines is 1. The van der Waals surface area contributed by atoms with Crippen molar-refractivity contribution in [3.05, 3.63) is 65.5 Å². The lowest BCUT2D eigenvalue weighted by molar-refractivity contribution is 0.282. The normalized spacial score (nSPS) is 12.2. The summed E-state index contributed by atoms with van der Waals surface area (Å²) in [6.07, 6.45) is 0.898. The molecule has 0 aliphatic rings. The van der Waals surface area contributed by atoms with Gasteiger partial charge in [-0.05, 0) is 41.8 Å². The van der Waals surface area contributed by atoms with E-state index in [0.717, 1.165) is 23.2 Å². The minimum absolute atomic E-state index is 0.0306. The van der Waals surface area contributed by atoms with Crippen molar-refractivity contribution in [2.24, 2.45) is 0 Å². The molecule has 2 N–H and O–H groups in total. The van der Waals surface area contributed by atoms with Crippen LogP contribution in [0.15, 0.2) is 48.5 Å². The number of benzene rings is 2. The van der Waals surface area contributed by atoms with Crippen molar-refractivity contribution in [2.45, 2.75) is 26.0 Å². The third kappa shape index (κ3) is 3.55. The molecule has 1 atom stereocenters. The molecule has 0 aliphatic carbocycles. The summed E-state index contributed by atoms with van der Waals surface area (Å²) < 4.78 is 12.9. The Hall–Kier alpha value is -1.87. The summed E-state index contributed by atoms with van der Waals surface area (Å²) in [5.41, 5.74) is 2.89. The molecule has 100 valence electrons. The first-order chi connectivity index (χ1) is 9.22. The Morgan fingerprint density at radius 3 is 2.53 bits per heavy atom. The van der Waals surface area contributed by atoms with Gasteiger partial charge in [-0.1, -0.05) is 31.2 Å². The fraction of sp³-hybridized carbons (Fsp3) is 0.250. The van der Waals surface area contributed by atoms with Crippen LogP contribution in [0.3, 0.4) is 0 Å². The Balaban J connectivity index is 2.16. The topological polar surface area (TPSA) is 32.3 Å². The summed E-state index contributed by atoms with van der Waals surface area (Å²) in [5.74, 6) is -0.221. The van der Waals surface area contributed by atoms with E-state index >= 15 is 0 Å². The molecule has 1 unspecified atom stereocenters. The lowest BCUT2D eigenvalue weighted by Crippen LogP contribution is -2.09. The standard InChI is InChI=1S/C16H18FNO/c1-2-16(13-6-8-14(17)9-7-13)18-15-5-3-4-12(10-15)11-19/h3-10,16,18-19H,2,11H2,1H3. The first-order valence-corrected chi connectivity index (χ1v) is 6.44. The number of hydrogen-bond donors (Lipinski definition) is 2. The SMILES string of the molecule is CCC(Nc1cccc(CO)c1)c1ccc(F)cc1. The fourth-order valence-corrected chi connectivity index (χ4v) is 2.08. The van der Waals surface area contributed by atoms with Crippen molar-refractivity contribution in [1.82, 2.24) is 0 Å². The minimum Gasteiger partial charge on any atom is -0.392 e. The van der Waals surface area contributed by atoms with Crippen LogP contribution in [0, 0.1) is 5.82 Å². The maximum Gasteiger partial charge on any atom is 0.123 e. The van der Waals surface area contributed by atoms with E-state index in [1.54, 1.807) is 12.1 Å². The molecule has 19 heavy (non-hydrogen) atoms. The molecule has 0 spiro atoms. The van der Waals surface area contributed by atoms with Crippen LogP contribution in [0.1, 0.15) is 30.5 Å². The second kappa shape index (κ2) is 6.34. The molecule has 0 radical (unpaired) electrons. The van der Waals surface area contributed by atoms with E-state index in [2.05, 4.69) is 12.2 Å². The summed E-state index contributed by atoms with van der Waals surface area (Å²) in [6, 6.07) is 14.4. The van der Waals surface area contributed by atoms with E-state index < -0.39 is 0 Å². The molecule has 0 amide bonds. The Bertz CT molecular complexity index is 525. The predicted octanol–water partition coefficient (Wildman–Crippen LogP) is 3.88. The van der Waals surface area contributed by atoms with Gasteiger partial charge in [0.15, 0.2) is 0 Å². The van der Waals surface area contributed by atoms with Gasteiger partial charge in [0, 0.05) is 5.69 Å². The molecule has 3 heteroatoms. The Morgan fingerprint density at radius 2 is 1.89 bits per heavy atom. The molecule has 2 aromatic rings. The molecular weight excluding hydrogens is 241 g/mol. The Labute approximate surface area is 112 Å². The van der Waals surface area contributed by atoms with Crippen molar-refractivity contribution in [3.8, 4) is 0 Å². The van der Waals surface area contributed by atoms with E-state index in [0.29, 0.717) is 0 Å². The van der Waals surface area contributed by atoms with Crippen LogP contribution in [0.5, 0.6) is 0 Å². The van der Waals surface area contributed by atoms with Crippen molar-refractivity contribution in [2.75, 3.05) is 5.32 Å². The van der Waals surface area contributed by atoms with Crippen LogP contribution in [0.2, 0.25) is 0 Å². The van der Waals surface area contributed by atoms with Gasteiger partial charge in [-0.2, -0.15) is 0 Å². The maximum absolute atomic E-state index is 12.9.